The summed E-state index contributed by atoms with van der Waals surface area (Å²) in [5.41, 5.74) is 4.42. The van der Waals surface area contributed by atoms with E-state index in [1.165, 1.54) is 6.07 Å². The number of carbonyl (C=O) groups is 1. The Morgan fingerprint density at radius 3 is 2.43 bits per heavy atom. The average Bonchev–Trinajstić information content (AvgIpc) is 2.38. The zero-order valence-electron chi connectivity index (χ0n) is 10.4. The third-order valence-corrected chi connectivity index (χ3v) is 2.57. The number of hydrogen-bond donors (Lipinski definition) is 2. The molecule has 0 spiro atoms. The lowest BCUT2D eigenvalue weighted by atomic mass is 10.1. The molecule has 2 aromatic rings. The second-order valence-corrected chi connectivity index (χ2v) is 4.12. The van der Waals surface area contributed by atoms with Crippen LogP contribution in [0, 0.1) is 5.82 Å². The molecular weight excluding hydrogens is 290 g/mol. The van der Waals surface area contributed by atoms with Gasteiger partial charge in [-0.2, -0.15) is 13.2 Å². The van der Waals surface area contributed by atoms with E-state index in [9.17, 15) is 22.4 Å². The van der Waals surface area contributed by atoms with Gasteiger partial charge in [-0.3, -0.25) is 4.79 Å². The number of nitrogens with one attached hydrogen (secondary N) is 1. The summed E-state index contributed by atoms with van der Waals surface area (Å²) in [6.07, 6.45) is -3.68. The largest absolute Gasteiger partial charge is 0.433 e. The van der Waals surface area contributed by atoms with E-state index in [0.29, 0.717) is 0 Å². The third kappa shape index (κ3) is 3.47. The van der Waals surface area contributed by atoms with Gasteiger partial charge in [-0.1, -0.05) is 0 Å². The Bertz CT molecular complexity index is 668. The van der Waals surface area contributed by atoms with E-state index in [1.54, 1.807) is 0 Å². The molecule has 1 heterocycles. The second kappa shape index (κ2) is 5.39. The Kier molecular flexibility index (Phi) is 3.79. The van der Waals surface area contributed by atoms with Crippen LogP contribution in [-0.4, -0.2) is 10.9 Å². The number of benzene rings is 1. The quantitative estimate of drug-likeness (QED) is 0.661. The van der Waals surface area contributed by atoms with Gasteiger partial charge < -0.3 is 11.1 Å². The first kappa shape index (κ1) is 14.8. The standard InChI is InChI=1S/C13H9F4N3O/c14-7-1-3-9(10(18)5-7)12(21)20-8-2-4-11(19-6-8)13(15,16)17/h1-6H,18H2,(H,20,21). The molecule has 0 saturated heterocycles. The minimum Gasteiger partial charge on any atom is -0.398 e. The summed E-state index contributed by atoms with van der Waals surface area (Å²) in [7, 11) is 0. The minimum atomic E-state index is -4.55. The molecule has 1 aromatic carbocycles. The second-order valence-electron chi connectivity index (χ2n) is 4.12. The van der Waals surface area contributed by atoms with E-state index in [4.69, 9.17) is 5.73 Å². The van der Waals surface area contributed by atoms with Gasteiger partial charge in [0.15, 0.2) is 0 Å². The van der Waals surface area contributed by atoms with Gasteiger partial charge in [0.1, 0.15) is 11.5 Å². The van der Waals surface area contributed by atoms with Crippen molar-refractivity contribution in [1.82, 2.24) is 4.98 Å². The van der Waals surface area contributed by atoms with E-state index < -0.39 is 23.6 Å². The summed E-state index contributed by atoms with van der Waals surface area (Å²) >= 11 is 0. The maximum Gasteiger partial charge on any atom is 0.433 e. The van der Waals surface area contributed by atoms with Gasteiger partial charge in [0.2, 0.25) is 0 Å². The van der Waals surface area contributed by atoms with Crippen LogP contribution in [0.2, 0.25) is 0 Å². The van der Waals surface area contributed by atoms with Crippen molar-refractivity contribution in [3.05, 3.63) is 53.6 Å². The topological polar surface area (TPSA) is 68.0 Å². The first-order valence-electron chi connectivity index (χ1n) is 5.67. The zero-order valence-corrected chi connectivity index (χ0v) is 10.4. The van der Waals surface area contributed by atoms with Gasteiger partial charge in [-0.05, 0) is 30.3 Å². The van der Waals surface area contributed by atoms with Crippen LogP contribution < -0.4 is 11.1 Å². The SMILES string of the molecule is Nc1cc(F)ccc1C(=O)Nc1ccc(C(F)(F)F)nc1. The van der Waals surface area contributed by atoms with Gasteiger partial charge >= 0.3 is 6.18 Å². The van der Waals surface area contributed by atoms with E-state index >= 15 is 0 Å². The summed E-state index contributed by atoms with van der Waals surface area (Å²) in [4.78, 5) is 15.1. The molecule has 110 valence electrons. The molecule has 1 aromatic heterocycles. The van der Waals surface area contributed by atoms with Crippen LogP contribution in [-0.2, 0) is 6.18 Å². The first-order valence-corrected chi connectivity index (χ1v) is 5.67. The Hall–Kier alpha value is -2.64. The highest BCUT2D eigenvalue weighted by Crippen LogP contribution is 2.28. The molecule has 0 atom stereocenters. The number of pyridine rings is 1. The molecule has 0 fully saturated rings. The van der Waals surface area contributed by atoms with Gasteiger partial charge in [-0.25, -0.2) is 9.37 Å². The number of hydrogen-bond acceptors (Lipinski definition) is 3. The smallest absolute Gasteiger partial charge is 0.398 e. The number of halogens is 4. The van der Waals surface area contributed by atoms with Gasteiger partial charge in [0.25, 0.3) is 5.91 Å². The first-order chi connectivity index (χ1) is 9.77. The van der Waals surface area contributed by atoms with E-state index in [1.807, 2.05) is 0 Å². The zero-order chi connectivity index (χ0) is 15.6. The molecule has 2 rings (SSSR count). The summed E-state index contributed by atoms with van der Waals surface area (Å²) in [5, 5.41) is 2.33. The van der Waals surface area contributed by atoms with Crippen LogP contribution in [0.1, 0.15) is 16.1 Å². The highest BCUT2D eigenvalue weighted by atomic mass is 19.4. The van der Waals surface area contributed by atoms with Gasteiger partial charge in [0, 0.05) is 5.69 Å². The number of rotatable bonds is 2. The molecular formula is C13H9F4N3O. The average molecular weight is 299 g/mol. The summed E-state index contributed by atoms with van der Waals surface area (Å²) < 4.78 is 49.9. The maximum atomic E-state index is 12.9. The number of carbonyl (C=O) groups excluding carboxylic acids is 1. The highest BCUT2D eigenvalue weighted by Gasteiger charge is 2.32. The molecule has 21 heavy (non-hydrogen) atoms. The Labute approximate surface area is 116 Å². The number of nitrogens with zero attached hydrogens (tertiary/aromatic N) is 1. The van der Waals surface area contributed by atoms with Crippen molar-refractivity contribution in [3.8, 4) is 0 Å². The number of nitrogen functional groups attached to an aromatic ring is 1. The van der Waals surface area contributed by atoms with Crippen molar-refractivity contribution in [2.24, 2.45) is 0 Å². The fourth-order valence-corrected chi connectivity index (χ4v) is 1.57. The molecule has 0 saturated carbocycles. The number of aromatic nitrogens is 1. The summed E-state index contributed by atoms with van der Waals surface area (Å²) in [6, 6.07) is 5.00. The predicted octanol–water partition coefficient (Wildman–Crippen LogP) is 3.07. The van der Waals surface area contributed by atoms with Crippen LogP contribution in [0.5, 0.6) is 0 Å². The number of anilines is 2. The van der Waals surface area contributed by atoms with Crippen LogP contribution in [0.25, 0.3) is 0 Å². The lowest BCUT2D eigenvalue weighted by Gasteiger charge is -2.09. The van der Waals surface area contributed by atoms with Crippen LogP contribution in [0.15, 0.2) is 36.5 Å². The molecule has 0 aliphatic heterocycles. The van der Waals surface area contributed by atoms with Gasteiger partial charge in [0.05, 0.1) is 17.4 Å². The van der Waals surface area contributed by atoms with Crippen molar-refractivity contribution in [2.75, 3.05) is 11.1 Å². The molecule has 0 bridgehead atoms. The third-order valence-electron chi connectivity index (χ3n) is 2.57. The van der Waals surface area contributed by atoms with Crippen molar-refractivity contribution in [1.29, 1.82) is 0 Å². The molecule has 3 N–H and O–H groups in total. The van der Waals surface area contributed by atoms with Crippen LogP contribution in [0.4, 0.5) is 28.9 Å². The van der Waals surface area contributed by atoms with E-state index in [-0.39, 0.29) is 16.9 Å². The lowest BCUT2D eigenvalue weighted by molar-refractivity contribution is -0.141. The molecule has 0 aliphatic rings. The maximum absolute atomic E-state index is 12.9. The Morgan fingerprint density at radius 1 is 1.19 bits per heavy atom. The monoisotopic (exact) mass is 299 g/mol. The van der Waals surface area contributed by atoms with E-state index in [0.717, 1.165) is 30.5 Å². The van der Waals surface area contributed by atoms with Crippen LogP contribution in [0.3, 0.4) is 0 Å². The fourth-order valence-electron chi connectivity index (χ4n) is 1.57. The normalized spacial score (nSPS) is 11.2. The van der Waals surface area contributed by atoms with Gasteiger partial charge in [-0.15, -0.1) is 0 Å². The molecule has 0 radical (unpaired) electrons. The number of nitrogens with two attached hydrogens (primary N) is 1. The van der Waals surface area contributed by atoms with E-state index in [2.05, 4.69) is 10.3 Å². The molecule has 4 nitrogen and oxygen atoms in total. The lowest BCUT2D eigenvalue weighted by Crippen LogP contribution is -2.15. The van der Waals surface area contributed by atoms with Crippen LogP contribution >= 0.6 is 0 Å². The summed E-state index contributed by atoms with van der Waals surface area (Å²) in [6.45, 7) is 0. The summed E-state index contributed by atoms with van der Waals surface area (Å²) in [5.74, 6) is -1.27. The van der Waals surface area contributed by atoms with Crippen molar-refractivity contribution in [3.63, 3.8) is 0 Å². The van der Waals surface area contributed by atoms with Crippen molar-refractivity contribution < 1.29 is 22.4 Å². The molecule has 1 amide bonds. The number of alkyl halides is 3. The fraction of sp³-hybridized carbons (Fsp3) is 0.0769. The highest BCUT2D eigenvalue weighted by molar-refractivity contribution is 6.07. The molecule has 8 heteroatoms. The van der Waals surface area contributed by atoms with Crippen molar-refractivity contribution >= 4 is 17.3 Å². The molecule has 0 aliphatic carbocycles. The van der Waals surface area contributed by atoms with Crippen molar-refractivity contribution in [2.45, 2.75) is 6.18 Å². The number of amides is 1. The Balaban J connectivity index is 2.16. The minimum absolute atomic E-state index is 0.0105. The Morgan fingerprint density at radius 2 is 1.90 bits per heavy atom. The molecule has 0 unspecified atom stereocenters. The predicted molar refractivity (Wildman–Crippen MR) is 68.0 cm³/mol.